The van der Waals surface area contributed by atoms with Crippen LogP contribution >= 0.6 is 35.1 Å². The van der Waals surface area contributed by atoms with Gasteiger partial charge in [0.1, 0.15) is 11.7 Å². The maximum atomic E-state index is 15.0. The van der Waals surface area contributed by atoms with E-state index >= 15 is 4.39 Å². The van der Waals surface area contributed by atoms with E-state index in [0.29, 0.717) is 39.3 Å². The van der Waals surface area contributed by atoms with Gasteiger partial charge in [0.05, 0.1) is 46.1 Å². The number of carbonyl (C=O) groups excluding carboxylic acids is 1. The lowest BCUT2D eigenvalue weighted by Crippen LogP contribution is -2.33. The fourth-order valence-corrected chi connectivity index (χ4v) is 6.32. The van der Waals surface area contributed by atoms with Gasteiger partial charge in [-0.25, -0.2) is 19.2 Å². The summed E-state index contributed by atoms with van der Waals surface area (Å²) in [5, 5.41) is 14.6. The minimum atomic E-state index is -0.730. The van der Waals surface area contributed by atoms with Gasteiger partial charge >= 0.3 is 6.09 Å². The molecular weight excluding hydrogens is 549 g/mol. The highest BCUT2D eigenvalue weighted by Crippen LogP contribution is 2.48. The van der Waals surface area contributed by atoms with Crippen molar-refractivity contribution in [1.82, 2.24) is 20.3 Å². The van der Waals surface area contributed by atoms with Crippen molar-refractivity contribution in [2.75, 3.05) is 11.5 Å². The van der Waals surface area contributed by atoms with Gasteiger partial charge in [-0.3, -0.25) is 10.3 Å². The zero-order chi connectivity index (χ0) is 27.2. The third kappa shape index (κ3) is 4.82. The highest BCUT2D eigenvalue weighted by Gasteiger charge is 2.33. The molecule has 0 unspecified atom stereocenters. The maximum absolute atomic E-state index is 15.0. The Kier molecular flexibility index (Phi) is 7.26. The molecule has 2 aliphatic rings. The van der Waals surface area contributed by atoms with Crippen LogP contribution in [-0.4, -0.2) is 38.2 Å². The van der Waals surface area contributed by atoms with Crippen LogP contribution in [0.4, 0.5) is 9.18 Å². The molecule has 0 atom stereocenters. The second-order valence-corrected chi connectivity index (χ2v) is 12.1. The average Bonchev–Trinajstić information content (AvgIpc) is 3.34. The summed E-state index contributed by atoms with van der Waals surface area (Å²) in [6, 6.07) is 2.15. The lowest BCUT2D eigenvalue weighted by molar-refractivity contribution is 0.0546. The van der Waals surface area contributed by atoms with Crippen molar-refractivity contribution in [2.24, 2.45) is 0 Å². The Morgan fingerprint density at radius 3 is 2.76 bits per heavy atom. The third-order valence-electron chi connectivity index (χ3n) is 5.85. The smallest absolute Gasteiger partial charge is 0.411 e. The van der Waals surface area contributed by atoms with Crippen LogP contribution in [0.15, 0.2) is 28.1 Å². The number of thioether (sulfide) groups is 2. The van der Waals surface area contributed by atoms with Gasteiger partial charge in [-0.1, -0.05) is 30.3 Å². The van der Waals surface area contributed by atoms with Crippen molar-refractivity contribution >= 4 is 57.7 Å². The van der Waals surface area contributed by atoms with Crippen LogP contribution in [0.5, 0.6) is 0 Å². The number of nitrogens with one attached hydrogen (secondary N) is 1. The number of rotatable bonds is 4. The minimum absolute atomic E-state index is 0.0975. The van der Waals surface area contributed by atoms with Crippen molar-refractivity contribution in [3.05, 3.63) is 45.6 Å². The van der Waals surface area contributed by atoms with Gasteiger partial charge in [-0.2, -0.15) is 5.26 Å². The largest absolute Gasteiger partial charge is 0.444 e. The average molecular weight is 572 g/mol. The molecule has 0 saturated heterocycles. The number of halogens is 2. The number of nitrogens with zero attached hydrogens (tertiary/aromatic N) is 4. The minimum Gasteiger partial charge on any atom is -0.444 e. The predicted octanol–water partition coefficient (Wildman–Crippen LogP) is 6.49. The molecule has 5 rings (SSSR count). The Hall–Kier alpha value is -2.91. The Labute approximate surface area is 232 Å². The fourth-order valence-electron chi connectivity index (χ4n) is 4.39. The highest BCUT2D eigenvalue weighted by molar-refractivity contribution is 7.99. The predicted molar refractivity (Wildman–Crippen MR) is 145 cm³/mol. The first-order chi connectivity index (χ1) is 18.1. The van der Waals surface area contributed by atoms with Crippen LogP contribution in [0.3, 0.4) is 0 Å². The first kappa shape index (κ1) is 26.7. The van der Waals surface area contributed by atoms with Gasteiger partial charge in [0.15, 0.2) is 11.0 Å². The number of ether oxygens (including phenoxy) is 2. The molecule has 2 aromatic heterocycles. The molecule has 0 fully saturated rings. The van der Waals surface area contributed by atoms with Gasteiger partial charge in [0.25, 0.3) is 0 Å². The Bertz CT molecular complexity index is 1570. The summed E-state index contributed by atoms with van der Waals surface area (Å²) < 4.78 is 26.2. The maximum Gasteiger partial charge on any atom is 0.411 e. The second kappa shape index (κ2) is 10.3. The van der Waals surface area contributed by atoms with E-state index < -0.39 is 17.5 Å². The number of amides is 1. The lowest BCUT2D eigenvalue weighted by Gasteiger charge is -2.25. The number of allylic oxidation sites excluding steroid dienone is 1. The zero-order valence-electron chi connectivity index (χ0n) is 21.1. The van der Waals surface area contributed by atoms with Gasteiger partial charge in [-0.15, -0.1) is 11.8 Å². The summed E-state index contributed by atoms with van der Waals surface area (Å²) in [4.78, 5) is 26.4. The van der Waals surface area contributed by atoms with Crippen LogP contribution in [-0.2, 0) is 22.7 Å². The molecule has 4 heterocycles. The molecule has 0 spiro atoms. The number of hydrogen-bond donors (Lipinski definition) is 1. The number of aromatic nitrogens is 3. The molecule has 3 aromatic rings. The van der Waals surface area contributed by atoms with Gasteiger partial charge in [0.2, 0.25) is 0 Å². The van der Waals surface area contributed by atoms with E-state index in [4.69, 9.17) is 26.1 Å². The molecule has 0 saturated carbocycles. The van der Waals surface area contributed by atoms with Crippen LogP contribution in [0, 0.1) is 17.1 Å². The first-order valence-electron chi connectivity index (χ1n) is 11.8. The Balaban J connectivity index is 1.75. The summed E-state index contributed by atoms with van der Waals surface area (Å²) >= 11 is 9.67. The number of carbonyl (C=O) groups is 1. The number of hydrogen-bond acceptors (Lipinski definition) is 9. The summed E-state index contributed by atoms with van der Waals surface area (Å²) in [7, 11) is 0. The molecule has 0 radical (unpaired) electrons. The van der Waals surface area contributed by atoms with Crippen LogP contribution in [0.2, 0.25) is 5.02 Å². The molecular formula is C26H23ClFN5O3S2. The SMILES string of the molecule is CCSc1ncc2c3c(c(-c4ncc(F)c5c4C(C#N)=C(NC(=O)OC(C)(C)C)CS5)c(Cl)c2n1)COC3. The fraction of sp³-hybridized carbons (Fsp3) is 0.346. The summed E-state index contributed by atoms with van der Waals surface area (Å²) in [5.74, 6) is 0.400. The molecule has 12 heteroatoms. The van der Waals surface area contributed by atoms with Crippen molar-refractivity contribution in [2.45, 2.75) is 56.6 Å². The molecule has 1 amide bonds. The normalized spacial score (nSPS) is 14.8. The number of nitriles is 1. The molecule has 196 valence electrons. The summed E-state index contributed by atoms with van der Waals surface area (Å²) in [6.45, 7) is 7.84. The second-order valence-electron chi connectivity index (χ2n) is 9.53. The first-order valence-corrected chi connectivity index (χ1v) is 14.1. The van der Waals surface area contributed by atoms with Gasteiger partial charge in [-0.05, 0) is 37.7 Å². The van der Waals surface area contributed by atoms with Crippen LogP contribution in [0.1, 0.15) is 44.4 Å². The van der Waals surface area contributed by atoms with Crippen molar-refractivity contribution < 1.29 is 18.7 Å². The van der Waals surface area contributed by atoms with E-state index in [2.05, 4.69) is 21.4 Å². The van der Waals surface area contributed by atoms with Crippen molar-refractivity contribution in [3.8, 4) is 17.3 Å². The molecule has 1 N–H and O–H groups in total. The van der Waals surface area contributed by atoms with Gasteiger partial charge < -0.3 is 9.47 Å². The van der Waals surface area contributed by atoms with Crippen LogP contribution < -0.4 is 5.32 Å². The van der Waals surface area contributed by atoms with E-state index in [1.807, 2.05) is 6.92 Å². The van der Waals surface area contributed by atoms with Crippen molar-refractivity contribution in [3.63, 3.8) is 0 Å². The zero-order valence-corrected chi connectivity index (χ0v) is 23.5. The monoisotopic (exact) mass is 571 g/mol. The van der Waals surface area contributed by atoms with Crippen LogP contribution in [0.25, 0.3) is 27.7 Å². The molecule has 0 bridgehead atoms. The molecule has 0 aliphatic carbocycles. The Morgan fingerprint density at radius 2 is 2.05 bits per heavy atom. The number of alkyl carbamates (subject to hydrolysis) is 1. The Morgan fingerprint density at radius 1 is 1.29 bits per heavy atom. The third-order valence-corrected chi connectivity index (χ3v) is 8.08. The number of benzene rings is 1. The number of fused-ring (bicyclic) bond motifs is 4. The van der Waals surface area contributed by atoms with E-state index in [0.717, 1.165) is 28.5 Å². The number of pyridine rings is 1. The summed E-state index contributed by atoms with van der Waals surface area (Å²) in [6.07, 6.45) is 2.17. The lowest BCUT2D eigenvalue weighted by atomic mass is 9.92. The molecule has 38 heavy (non-hydrogen) atoms. The van der Waals surface area contributed by atoms with E-state index in [-0.39, 0.29) is 28.4 Å². The topological polar surface area (TPSA) is 110 Å². The highest BCUT2D eigenvalue weighted by atomic mass is 35.5. The molecule has 2 aliphatic heterocycles. The quantitative estimate of drug-likeness (QED) is 0.277. The molecule has 8 nitrogen and oxygen atoms in total. The standard InChI is InChI=1S/C26H23ClFN5O3S2/c1-5-37-24-31-7-13-14-9-35-10-15(14)18(20(27)21(13)33-24)22-19-12(6-29)17(32-25(34)36-26(2,3)4)11-38-23(19)16(28)8-30-22/h7-8H,5,9-11H2,1-4H3,(H,32,34). The van der Waals surface area contributed by atoms with E-state index in [1.165, 1.54) is 23.5 Å². The summed E-state index contributed by atoms with van der Waals surface area (Å²) in [5.41, 5.74) is 3.00. The molecule has 1 aromatic carbocycles. The van der Waals surface area contributed by atoms with E-state index in [9.17, 15) is 10.1 Å². The van der Waals surface area contributed by atoms with Crippen molar-refractivity contribution in [1.29, 1.82) is 5.26 Å². The van der Waals surface area contributed by atoms with E-state index in [1.54, 1.807) is 27.0 Å². The van der Waals surface area contributed by atoms with Gasteiger partial charge in [0, 0.05) is 34.2 Å².